The van der Waals surface area contributed by atoms with E-state index in [4.69, 9.17) is 10.5 Å². The lowest BCUT2D eigenvalue weighted by atomic mass is 10.1. The summed E-state index contributed by atoms with van der Waals surface area (Å²) in [6, 6.07) is 13.5. The van der Waals surface area contributed by atoms with Gasteiger partial charge >= 0.3 is 0 Å². The van der Waals surface area contributed by atoms with Crippen LogP contribution in [0, 0.1) is 0 Å². The number of pyridine rings is 1. The zero-order chi connectivity index (χ0) is 18.5. The van der Waals surface area contributed by atoms with Gasteiger partial charge in [0.2, 0.25) is 5.91 Å². The van der Waals surface area contributed by atoms with Crippen molar-refractivity contribution in [1.82, 2.24) is 10.3 Å². The fourth-order valence-corrected chi connectivity index (χ4v) is 2.50. The van der Waals surface area contributed by atoms with Crippen LogP contribution in [0.2, 0.25) is 0 Å². The van der Waals surface area contributed by atoms with Crippen LogP contribution in [0.25, 0.3) is 10.8 Å². The van der Waals surface area contributed by atoms with Crippen molar-refractivity contribution in [3.63, 3.8) is 0 Å². The molecule has 0 radical (unpaired) electrons. The quantitative estimate of drug-likeness (QED) is 0.586. The first-order valence-corrected chi connectivity index (χ1v) is 7.94. The number of phenols is 1. The average Bonchev–Trinajstić information content (AvgIpc) is 2.65. The second-order valence-electron chi connectivity index (χ2n) is 5.53. The molecule has 2 amide bonds. The predicted molar refractivity (Wildman–Crippen MR) is 96.2 cm³/mol. The van der Waals surface area contributed by atoms with Crippen LogP contribution in [0.5, 0.6) is 11.5 Å². The molecule has 0 unspecified atom stereocenters. The number of carbonyl (C=O) groups is 2. The molecule has 0 atom stereocenters. The molecule has 3 aromatic rings. The van der Waals surface area contributed by atoms with Crippen molar-refractivity contribution < 1.29 is 19.4 Å². The van der Waals surface area contributed by atoms with Gasteiger partial charge in [0.1, 0.15) is 12.3 Å². The smallest absolute Gasteiger partial charge is 0.270 e. The van der Waals surface area contributed by atoms with E-state index in [1.165, 1.54) is 18.2 Å². The number of aromatic nitrogens is 1. The molecule has 0 spiro atoms. The predicted octanol–water partition coefficient (Wildman–Crippen LogP) is 1.85. The highest BCUT2D eigenvalue weighted by Crippen LogP contribution is 2.26. The highest BCUT2D eigenvalue weighted by molar-refractivity contribution is 6.05. The molecule has 1 aromatic heterocycles. The number of fused-ring (bicyclic) bond motifs is 1. The maximum Gasteiger partial charge on any atom is 0.270 e. The Morgan fingerprint density at radius 2 is 1.96 bits per heavy atom. The minimum atomic E-state index is -0.637. The summed E-state index contributed by atoms with van der Waals surface area (Å²) in [7, 11) is 0. The molecule has 7 nitrogen and oxygen atoms in total. The molecule has 0 fully saturated rings. The van der Waals surface area contributed by atoms with Gasteiger partial charge in [0.25, 0.3) is 5.91 Å². The van der Waals surface area contributed by atoms with Gasteiger partial charge in [-0.2, -0.15) is 0 Å². The van der Waals surface area contributed by atoms with Crippen LogP contribution < -0.4 is 15.8 Å². The number of phenolic OH excluding ortho intramolecular Hbond substituents is 1. The molecule has 0 aliphatic heterocycles. The number of nitrogens with zero attached hydrogens (tertiary/aromatic N) is 1. The summed E-state index contributed by atoms with van der Waals surface area (Å²) in [4.78, 5) is 27.5. The third kappa shape index (κ3) is 3.72. The second-order valence-corrected chi connectivity index (χ2v) is 5.53. The topological polar surface area (TPSA) is 115 Å². The number of nitrogens with one attached hydrogen (secondary N) is 1. The van der Waals surface area contributed by atoms with E-state index in [0.29, 0.717) is 5.69 Å². The lowest BCUT2D eigenvalue weighted by Crippen LogP contribution is -2.29. The van der Waals surface area contributed by atoms with Crippen molar-refractivity contribution in [2.24, 2.45) is 5.73 Å². The Bertz CT molecular complexity index is 967. The maximum atomic E-state index is 12.3. The van der Waals surface area contributed by atoms with Crippen molar-refractivity contribution in [1.29, 1.82) is 0 Å². The lowest BCUT2D eigenvalue weighted by Gasteiger charge is -2.10. The van der Waals surface area contributed by atoms with E-state index >= 15 is 0 Å². The second kappa shape index (κ2) is 7.52. The van der Waals surface area contributed by atoms with Gasteiger partial charge in [-0.15, -0.1) is 0 Å². The molecule has 26 heavy (non-hydrogen) atoms. The Morgan fingerprint density at radius 1 is 1.15 bits per heavy atom. The van der Waals surface area contributed by atoms with Crippen molar-refractivity contribution >= 4 is 22.6 Å². The van der Waals surface area contributed by atoms with E-state index in [1.807, 2.05) is 30.3 Å². The first kappa shape index (κ1) is 17.2. The summed E-state index contributed by atoms with van der Waals surface area (Å²) in [5.41, 5.74) is 5.67. The first-order chi connectivity index (χ1) is 12.6. The van der Waals surface area contributed by atoms with Crippen LogP contribution in [-0.4, -0.2) is 35.1 Å². The first-order valence-electron chi connectivity index (χ1n) is 7.94. The zero-order valence-electron chi connectivity index (χ0n) is 13.8. The Hall–Kier alpha value is -3.61. The molecule has 1 heterocycles. The molecule has 0 aliphatic rings. The van der Waals surface area contributed by atoms with Crippen LogP contribution in [-0.2, 0) is 0 Å². The minimum absolute atomic E-state index is 0.139. The van der Waals surface area contributed by atoms with E-state index < -0.39 is 5.91 Å². The van der Waals surface area contributed by atoms with E-state index in [2.05, 4.69) is 10.3 Å². The molecule has 4 N–H and O–H groups in total. The Labute approximate surface area is 149 Å². The number of hydrogen-bond acceptors (Lipinski definition) is 5. The van der Waals surface area contributed by atoms with Crippen LogP contribution in [0.3, 0.4) is 0 Å². The highest BCUT2D eigenvalue weighted by atomic mass is 16.5. The number of hydrogen-bond donors (Lipinski definition) is 3. The summed E-state index contributed by atoms with van der Waals surface area (Å²) in [5.74, 6) is -0.934. The Balaban J connectivity index is 1.58. The normalized spacial score (nSPS) is 10.5. The number of nitrogens with two attached hydrogens (primary N) is 1. The zero-order valence-corrected chi connectivity index (χ0v) is 13.8. The van der Waals surface area contributed by atoms with Gasteiger partial charge in [-0.3, -0.25) is 14.6 Å². The highest BCUT2D eigenvalue weighted by Gasteiger charge is 2.11. The number of aromatic hydroxyl groups is 1. The SMILES string of the molecule is NC(=O)c1ccc(OCCNC(=O)c2nccc3ccccc23)c(O)c1. The number of carbonyl (C=O) groups excluding carboxylic acids is 2. The van der Waals surface area contributed by atoms with E-state index in [-0.39, 0.29) is 36.1 Å². The van der Waals surface area contributed by atoms with Gasteiger partial charge in [0.15, 0.2) is 11.5 Å². The molecule has 132 valence electrons. The Morgan fingerprint density at radius 3 is 2.73 bits per heavy atom. The van der Waals surface area contributed by atoms with Crippen molar-refractivity contribution in [3.05, 3.63) is 66.0 Å². The molecule has 0 aliphatic carbocycles. The fraction of sp³-hybridized carbons (Fsp3) is 0.105. The van der Waals surface area contributed by atoms with Gasteiger partial charge < -0.3 is 20.9 Å². The van der Waals surface area contributed by atoms with E-state index in [1.54, 1.807) is 6.20 Å². The molecule has 0 saturated heterocycles. The molecule has 3 rings (SSSR count). The number of ether oxygens (including phenoxy) is 1. The van der Waals surface area contributed by atoms with Crippen LogP contribution in [0.4, 0.5) is 0 Å². The van der Waals surface area contributed by atoms with Crippen molar-refractivity contribution in [3.8, 4) is 11.5 Å². The van der Waals surface area contributed by atoms with E-state index in [9.17, 15) is 14.7 Å². The monoisotopic (exact) mass is 351 g/mol. The Kier molecular flexibility index (Phi) is 4.98. The molecular weight excluding hydrogens is 334 g/mol. The fourth-order valence-electron chi connectivity index (χ4n) is 2.50. The minimum Gasteiger partial charge on any atom is -0.504 e. The lowest BCUT2D eigenvalue weighted by molar-refractivity contribution is 0.0942. The summed E-state index contributed by atoms with van der Waals surface area (Å²) < 4.78 is 5.41. The van der Waals surface area contributed by atoms with Crippen molar-refractivity contribution in [2.45, 2.75) is 0 Å². The summed E-state index contributed by atoms with van der Waals surface area (Å²) >= 11 is 0. The van der Waals surface area contributed by atoms with Gasteiger partial charge in [-0.1, -0.05) is 24.3 Å². The number of benzene rings is 2. The standard InChI is InChI=1S/C19H17N3O4/c20-18(24)13-5-6-16(15(23)11-13)26-10-9-22-19(25)17-14-4-2-1-3-12(14)7-8-21-17/h1-8,11,23H,9-10H2,(H2,20,24)(H,22,25). The van der Waals surface area contributed by atoms with Crippen molar-refractivity contribution in [2.75, 3.05) is 13.2 Å². The third-order valence-electron chi connectivity index (χ3n) is 3.78. The van der Waals surface area contributed by atoms with Gasteiger partial charge in [0.05, 0.1) is 6.54 Å². The summed E-state index contributed by atoms with van der Waals surface area (Å²) in [6.07, 6.45) is 1.59. The maximum absolute atomic E-state index is 12.3. The van der Waals surface area contributed by atoms with E-state index in [0.717, 1.165) is 10.8 Å². The van der Waals surface area contributed by atoms with Crippen LogP contribution in [0.1, 0.15) is 20.8 Å². The molecule has 0 saturated carbocycles. The number of amides is 2. The summed E-state index contributed by atoms with van der Waals surface area (Å²) in [6.45, 7) is 0.362. The van der Waals surface area contributed by atoms with Gasteiger partial charge in [-0.25, -0.2) is 0 Å². The van der Waals surface area contributed by atoms with Crippen LogP contribution in [0.15, 0.2) is 54.7 Å². The number of rotatable bonds is 6. The summed E-state index contributed by atoms with van der Waals surface area (Å²) in [5, 5.41) is 14.2. The molecule has 2 aromatic carbocycles. The number of primary amides is 1. The largest absolute Gasteiger partial charge is 0.504 e. The average molecular weight is 351 g/mol. The van der Waals surface area contributed by atoms with Crippen LogP contribution >= 0.6 is 0 Å². The van der Waals surface area contributed by atoms with Gasteiger partial charge in [0, 0.05) is 17.1 Å². The molecular formula is C19H17N3O4. The third-order valence-corrected chi connectivity index (χ3v) is 3.78. The van der Waals surface area contributed by atoms with Gasteiger partial charge in [-0.05, 0) is 29.7 Å². The molecule has 7 heteroatoms. The molecule has 0 bridgehead atoms.